The lowest BCUT2D eigenvalue weighted by atomic mass is 9.75. The average Bonchev–Trinajstić information content (AvgIpc) is 3.53. The zero-order valence-electron chi connectivity index (χ0n) is 23.0. The Morgan fingerprint density at radius 3 is 1.30 bits per heavy atom. The summed E-state index contributed by atoms with van der Waals surface area (Å²) >= 11 is 0. The minimum Gasteiger partial charge on any atom is -0.0614 e. The molecule has 0 unspecified atom stereocenters. The normalized spacial score (nSPS) is 14.3. The van der Waals surface area contributed by atoms with Crippen LogP contribution in [0.2, 0.25) is 0 Å². The number of aryl methyl sites for hydroxylation is 2. The smallest absolute Gasteiger partial charge is 0.00773 e. The van der Waals surface area contributed by atoms with E-state index < -0.39 is 0 Å². The van der Waals surface area contributed by atoms with E-state index in [1.54, 1.807) is 0 Å². The fraction of sp³-hybridized carbons (Fsp3) is 0.243. The molecule has 0 nitrogen and oxygen atoms in total. The van der Waals surface area contributed by atoms with Crippen LogP contribution in [0.1, 0.15) is 58.4 Å². The van der Waals surface area contributed by atoms with Crippen molar-refractivity contribution in [3.63, 3.8) is 0 Å². The molecule has 0 atom stereocenters. The van der Waals surface area contributed by atoms with Crippen LogP contribution in [0.25, 0.3) is 34.4 Å². The molecule has 0 spiro atoms. The van der Waals surface area contributed by atoms with Gasteiger partial charge in [-0.05, 0) is 107 Å². The van der Waals surface area contributed by atoms with E-state index in [1.807, 2.05) is 0 Å². The Hall–Kier alpha value is -3.64. The maximum atomic E-state index is 2.50. The van der Waals surface area contributed by atoms with Gasteiger partial charge in [-0.3, -0.25) is 0 Å². The van der Waals surface area contributed by atoms with Crippen LogP contribution in [0.15, 0.2) is 83.9 Å². The van der Waals surface area contributed by atoms with E-state index in [1.165, 1.54) is 77.9 Å². The lowest BCUT2D eigenvalue weighted by molar-refractivity contribution is 0.526. The van der Waals surface area contributed by atoms with E-state index in [2.05, 4.69) is 126 Å². The summed E-state index contributed by atoms with van der Waals surface area (Å²) in [5, 5.41) is 0. The van der Waals surface area contributed by atoms with Crippen molar-refractivity contribution in [3.05, 3.63) is 128 Å². The Balaban J connectivity index is 1.40. The molecule has 0 heteroatoms. The molecule has 0 aromatic heterocycles. The van der Waals surface area contributed by atoms with Gasteiger partial charge in [-0.2, -0.15) is 0 Å². The van der Waals surface area contributed by atoms with Crippen LogP contribution in [0, 0.1) is 33.1 Å². The number of rotatable bonds is 4. The molecule has 0 saturated heterocycles. The summed E-state index contributed by atoms with van der Waals surface area (Å²) in [4.78, 5) is 0. The highest BCUT2D eigenvalue weighted by Gasteiger charge is 2.34. The molecule has 0 radical (unpaired) electrons. The van der Waals surface area contributed by atoms with E-state index in [-0.39, 0.29) is 5.41 Å². The second-order valence-electron chi connectivity index (χ2n) is 11.6. The van der Waals surface area contributed by atoms with Crippen molar-refractivity contribution >= 4 is 12.2 Å². The van der Waals surface area contributed by atoms with Crippen molar-refractivity contribution in [3.8, 4) is 22.3 Å². The van der Waals surface area contributed by atoms with Crippen LogP contribution in [0.5, 0.6) is 0 Å². The van der Waals surface area contributed by atoms with Gasteiger partial charge in [0.15, 0.2) is 0 Å². The highest BCUT2D eigenvalue weighted by molar-refractivity contribution is 5.86. The first kappa shape index (κ1) is 23.7. The molecule has 2 aliphatic rings. The van der Waals surface area contributed by atoms with Crippen LogP contribution < -0.4 is 0 Å². The monoisotopic (exact) mass is 480 g/mol. The fourth-order valence-electron chi connectivity index (χ4n) is 6.30. The molecule has 184 valence electrons. The molecular weight excluding hydrogens is 444 g/mol. The molecule has 0 fully saturated rings. The summed E-state index contributed by atoms with van der Waals surface area (Å²) in [6, 6.07) is 27.1. The first-order chi connectivity index (χ1) is 17.8. The number of hydrogen-bond donors (Lipinski definition) is 0. The van der Waals surface area contributed by atoms with Gasteiger partial charge in [-0.15, -0.1) is 0 Å². The van der Waals surface area contributed by atoms with E-state index >= 15 is 0 Å². The number of allylic oxidation sites excluding steroid dienone is 2. The minimum atomic E-state index is -0.00409. The van der Waals surface area contributed by atoms with Gasteiger partial charge in [-0.1, -0.05) is 110 Å². The highest BCUT2D eigenvalue weighted by Crippen LogP contribution is 2.49. The van der Waals surface area contributed by atoms with E-state index in [0.29, 0.717) is 0 Å². The van der Waals surface area contributed by atoms with Crippen LogP contribution in [0.4, 0.5) is 0 Å². The summed E-state index contributed by atoms with van der Waals surface area (Å²) in [6.07, 6.45) is 7.06. The summed E-state index contributed by atoms with van der Waals surface area (Å²) in [7, 11) is 0. The maximum Gasteiger partial charge on any atom is 0.00773 e. The molecule has 37 heavy (non-hydrogen) atoms. The first-order valence-corrected chi connectivity index (χ1v) is 13.5. The quantitative estimate of drug-likeness (QED) is 0.273. The zero-order chi connectivity index (χ0) is 25.9. The van der Waals surface area contributed by atoms with E-state index in [9.17, 15) is 0 Å². The molecule has 2 aliphatic carbocycles. The third-order valence-corrected chi connectivity index (χ3v) is 9.19. The molecule has 0 heterocycles. The minimum absolute atomic E-state index is 0.00409. The van der Waals surface area contributed by atoms with Crippen molar-refractivity contribution < 1.29 is 0 Å². The molecule has 0 saturated carbocycles. The topological polar surface area (TPSA) is 0 Å². The van der Waals surface area contributed by atoms with Crippen molar-refractivity contribution in [1.82, 2.24) is 0 Å². The highest BCUT2D eigenvalue weighted by atomic mass is 14.4. The third kappa shape index (κ3) is 3.82. The SMILES string of the molecule is Cc1cccc(-c2cccc3c2C=C(C(C)(C)C2=Cc4c(cccc4-c4cccc(C)c4C)C2)C3)c1C. The summed E-state index contributed by atoms with van der Waals surface area (Å²) in [5.74, 6) is 0. The van der Waals surface area contributed by atoms with Gasteiger partial charge in [-0.25, -0.2) is 0 Å². The lowest BCUT2D eigenvalue weighted by Gasteiger charge is -2.28. The summed E-state index contributed by atoms with van der Waals surface area (Å²) < 4.78 is 0. The summed E-state index contributed by atoms with van der Waals surface area (Å²) in [6.45, 7) is 13.8. The van der Waals surface area contributed by atoms with Gasteiger partial charge < -0.3 is 0 Å². The van der Waals surface area contributed by atoms with E-state index in [0.717, 1.165) is 12.8 Å². The summed E-state index contributed by atoms with van der Waals surface area (Å²) in [5.41, 5.74) is 19.7. The number of hydrogen-bond acceptors (Lipinski definition) is 0. The average molecular weight is 481 g/mol. The van der Waals surface area contributed by atoms with Gasteiger partial charge in [0.1, 0.15) is 0 Å². The second-order valence-corrected chi connectivity index (χ2v) is 11.6. The first-order valence-electron chi connectivity index (χ1n) is 13.5. The zero-order valence-corrected chi connectivity index (χ0v) is 23.0. The Labute approximate surface area is 222 Å². The van der Waals surface area contributed by atoms with Crippen molar-refractivity contribution in [1.29, 1.82) is 0 Å². The fourth-order valence-corrected chi connectivity index (χ4v) is 6.30. The van der Waals surface area contributed by atoms with Crippen molar-refractivity contribution in [2.75, 3.05) is 0 Å². The lowest BCUT2D eigenvalue weighted by Crippen LogP contribution is -2.18. The Kier molecular flexibility index (Phi) is 5.60. The van der Waals surface area contributed by atoms with Crippen LogP contribution in [-0.4, -0.2) is 0 Å². The molecular formula is C37H36. The maximum absolute atomic E-state index is 2.50. The molecule has 0 aliphatic heterocycles. The van der Waals surface area contributed by atoms with Crippen LogP contribution in [-0.2, 0) is 12.8 Å². The molecule has 0 amide bonds. The third-order valence-electron chi connectivity index (χ3n) is 9.19. The Morgan fingerprint density at radius 1 is 0.486 bits per heavy atom. The molecule has 4 aromatic rings. The van der Waals surface area contributed by atoms with Gasteiger partial charge >= 0.3 is 0 Å². The van der Waals surface area contributed by atoms with E-state index in [4.69, 9.17) is 0 Å². The molecule has 6 rings (SSSR count). The molecule has 4 aromatic carbocycles. The van der Waals surface area contributed by atoms with Gasteiger partial charge in [0, 0.05) is 5.41 Å². The standard InChI is InChI=1S/C37H36/c1-23-11-7-15-31(25(23)3)33-17-9-13-27-19-29(21-35(27)33)37(5,6)30-20-28-14-10-18-34(36(28)22-30)32-16-8-12-24(2)26(32)4/h7-18,21-22H,19-20H2,1-6H3. The molecule has 0 bridgehead atoms. The largest absolute Gasteiger partial charge is 0.0614 e. The van der Waals surface area contributed by atoms with Gasteiger partial charge in [0.25, 0.3) is 0 Å². The Bertz CT molecular complexity index is 1500. The molecule has 0 N–H and O–H groups in total. The number of benzene rings is 4. The van der Waals surface area contributed by atoms with Crippen molar-refractivity contribution in [2.45, 2.75) is 54.4 Å². The van der Waals surface area contributed by atoms with Crippen LogP contribution >= 0.6 is 0 Å². The number of fused-ring (bicyclic) bond motifs is 2. The predicted molar refractivity (Wildman–Crippen MR) is 160 cm³/mol. The van der Waals surface area contributed by atoms with Crippen molar-refractivity contribution in [2.24, 2.45) is 5.41 Å². The predicted octanol–water partition coefficient (Wildman–Crippen LogP) is 9.86. The van der Waals surface area contributed by atoms with Gasteiger partial charge in [0.05, 0.1) is 0 Å². The second kappa shape index (κ2) is 8.73. The van der Waals surface area contributed by atoms with Gasteiger partial charge in [0.2, 0.25) is 0 Å². The Morgan fingerprint density at radius 2 is 0.865 bits per heavy atom. The van der Waals surface area contributed by atoms with Crippen LogP contribution in [0.3, 0.4) is 0 Å².